The first kappa shape index (κ1) is 14.8. The number of halogens is 2. The van der Waals surface area contributed by atoms with Gasteiger partial charge in [-0.25, -0.2) is 0 Å². The Kier molecular flexibility index (Phi) is 4.71. The van der Waals surface area contributed by atoms with Gasteiger partial charge in [-0.1, -0.05) is 12.1 Å². The van der Waals surface area contributed by atoms with Crippen molar-refractivity contribution in [3.8, 4) is 11.5 Å². The van der Waals surface area contributed by atoms with E-state index in [-0.39, 0.29) is 11.7 Å². The zero-order chi connectivity index (χ0) is 15.2. The van der Waals surface area contributed by atoms with Crippen molar-refractivity contribution in [2.24, 2.45) is 0 Å². The average Bonchev–Trinajstić information content (AvgIpc) is 2.48. The summed E-state index contributed by atoms with van der Waals surface area (Å²) < 4.78 is 33.4. The number of ether oxygens (including phenoxy) is 2. The molecular formula is C15H13F2NO3. The lowest BCUT2D eigenvalue weighted by Gasteiger charge is -2.10. The van der Waals surface area contributed by atoms with Crippen LogP contribution in [-0.2, 0) is 0 Å². The van der Waals surface area contributed by atoms with Crippen LogP contribution in [0.2, 0.25) is 0 Å². The molecule has 4 nitrogen and oxygen atoms in total. The average molecular weight is 293 g/mol. The molecule has 21 heavy (non-hydrogen) atoms. The highest BCUT2D eigenvalue weighted by Gasteiger charge is 2.10. The predicted molar refractivity (Wildman–Crippen MR) is 74.0 cm³/mol. The quantitative estimate of drug-likeness (QED) is 0.917. The van der Waals surface area contributed by atoms with Crippen LogP contribution < -0.4 is 14.8 Å². The molecule has 0 bridgehead atoms. The SMILES string of the molecule is COc1ccccc1NC(=O)c1ccc(OC(F)F)cc1. The minimum atomic E-state index is -2.89. The Balaban J connectivity index is 2.09. The van der Waals surface area contributed by atoms with Crippen molar-refractivity contribution in [2.75, 3.05) is 12.4 Å². The monoisotopic (exact) mass is 293 g/mol. The van der Waals surface area contributed by atoms with Crippen LogP contribution in [0, 0.1) is 0 Å². The third-order valence-corrected chi connectivity index (χ3v) is 2.70. The Morgan fingerprint density at radius 2 is 1.76 bits per heavy atom. The summed E-state index contributed by atoms with van der Waals surface area (Å²) in [4.78, 5) is 12.1. The lowest BCUT2D eigenvalue weighted by molar-refractivity contribution is -0.0498. The summed E-state index contributed by atoms with van der Waals surface area (Å²) in [5.74, 6) is 0.158. The molecule has 110 valence electrons. The largest absolute Gasteiger partial charge is 0.495 e. The van der Waals surface area contributed by atoms with Crippen LogP contribution in [-0.4, -0.2) is 19.6 Å². The maximum Gasteiger partial charge on any atom is 0.387 e. The zero-order valence-electron chi connectivity index (χ0n) is 11.2. The highest BCUT2D eigenvalue weighted by atomic mass is 19.3. The van der Waals surface area contributed by atoms with E-state index in [1.807, 2.05) is 0 Å². The molecule has 0 radical (unpaired) electrons. The van der Waals surface area contributed by atoms with Gasteiger partial charge in [-0.3, -0.25) is 4.79 Å². The van der Waals surface area contributed by atoms with E-state index in [1.165, 1.54) is 31.4 Å². The second kappa shape index (κ2) is 6.69. The van der Waals surface area contributed by atoms with Gasteiger partial charge >= 0.3 is 6.61 Å². The van der Waals surface area contributed by atoms with E-state index in [1.54, 1.807) is 24.3 Å². The molecule has 6 heteroatoms. The summed E-state index contributed by atoms with van der Waals surface area (Å²) in [5, 5.41) is 2.69. The smallest absolute Gasteiger partial charge is 0.387 e. The third kappa shape index (κ3) is 3.92. The molecule has 1 amide bonds. The van der Waals surface area contributed by atoms with Gasteiger partial charge in [0.1, 0.15) is 11.5 Å². The molecule has 0 fully saturated rings. The van der Waals surface area contributed by atoms with E-state index in [2.05, 4.69) is 10.1 Å². The number of anilines is 1. The van der Waals surface area contributed by atoms with Crippen LogP contribution in [0.1, 0.15) is 10.4 Å². The fourth-order valence-corrected chi connectivity index (χ4v) is 1.73. The first-order valence-corrected chi connectivity index (χ1v) is 6.09. The Morgan fingerprint density at radius 1 is 1.10 bits per heavy atom. The second-order valence-corrected chi connectivity index (χ2v) is 4.06. The Morgan fingerprint density at radius 3 is 2.38 bits per heavy atom. The van der Waals surface area contributed by atoms with Gasteiger partial charge in [0, 0.05) is 5.56 Å². The molecule has 0 saturated heterocycles. The van der Waals surface area contributed by atoms with Crippen molar-refractivity contribution in [1.29, 1.82) is 0 Å². The molecule has 0 aliphatic rings. The van der Waals surface area contributed by atoms with E-state index < -0.39 is 6.61 Å². The van der Waals surface area contributed by atoms with Gasteiger partial charge in [-0.05, 0) is 36.4 Å². The molecule has 0 aromatic heterocycles. The maximum absolute atomic E-state index is 12.1. The van der Waals surface area contributed by atoms with Gasteiger partial charge in [0.25, 0.3) is 5.91 Å². The van der Waals surface area contributed by atoms with Gasteiger partial charge in [0.15, 0.2) is 0 Å². The molecule has 0 saturated carbocycles. The van der Waals surface area contributed by atoms with Gasteiger partial charge in [0.2, 0.25) is 0 Å². The lowest BCUT2D eigenvalue weighted by Crippen LogP contribution is -2.12. The number of carbonyl (C=O) groups is 1. The molecule has 0 aliphatic heterocycles. The molecule has 2 rings (SSSR count). The summed E-state index contributed by atoms with van der Waals surface area (Å²) in [6.07, 6.45) is 0. The summed E-state index contributed by atoms with van der Waals surface area (Å²) in [7, 11) is 1.50. The van der Waals surface area contributed by atoms with E-state index >= 15 is 0 Å². The van der Waals surface area contributed by atoms with Crippen LogP contribution in [0.5, 0.6) is 11.5 Å². The van der Waals surface area contributed by atoms with Crippen molar-refractivity contribution < 1.29 is 23.0 Å². The molecule has 2 aromatic carbocycles. The number of hydrogen-bond acceptors (Lipinski definition) is 3. The zero-order valence-corrected chi connectivity index (χ0v) is 11.2. The second-order valence-electron chi connectivity index (χ2n) is 4.06. The number of rotatable bonds is 5. The number of amides is 1. The van der Waals surface area contributed by atoms with E-state index in [4.69, 9.17) is 4.74 Å². The van der Waals surface area contributed by atoms with Crippen molar-refractivity contribution in [2.45, 2.75) is 6.61 Å². The van der Waals surface area contributed by atoms with Crippen LogP contribution in [0.3, 0.4) is 0 Å². The molecule has 0 heterocycles. The predicted octanol–water partition coefficient (Wildman–Crippen LogP) is 3.55. The van der Waals surface area contributed by atoms with Gasteiger partial charge < -0.3 is 14.8 Å². The number of carbonyl (C=O) groups excluding carboxylic acids is 1. The minimum Gasteiger partial charge on any atom is -0.495 e. The first-order valence-electron chi connectivity index (χ1n) is 6.09. The van der Waals surface area contributed by atoms with Crippen molar-refractivity contribution in [3.05, 3.63) is 54.1 Å². The van der Waals surface area contributed by atoms with Crippen LogP contribution in [0.15, 0.2) is 48.5 Å². The number of nitrogens with one attached hydrogen (secondary N) is 1. The number of alkyl halides is 2. The fourth-order valence-electron chi connectivity index (χ4n) is 1.73. The number of benzene rings is 2. The van der Waals surface area contributed by atoms with E-state index in [0.717, 1.165) is 0 Å². The molecular weight excluding hydrogens is 280 g/mol. The summed E-state index contributed by atoms with van der Waals surface area (Å²) in [6.45, 7) is -2.89. The molecule has 2 aromatic rings. The van der Waals surface area contributed by atoms with Gasteiger partial charge in [0.05, 0.1) is 12.8 Å². The Labute approximate surface area is 120 Å². The summed E-state index contributed by atoms with van der Waals surface area (Å²) >= 11 is 0. The number of hydrogen-bond donors (Lipinski definition) is 1. The topological polar surface area (TPSA) is 47.6 Å². The standard InChI is InChI=1S/C15H13F2NO3/c1-20-13-5-3-2-4-12(13)18-14(19)10-6-8-11(9-7-10)21-15(16)17/h2-9,15H,1H3,(H,18,19). The summed E-state index contributed by atoms with van der Waals surface area (Å²) in [5.41, 5.74) is 0.848. The van der Waals surface area contributed by atoms with Crippen LogP contribution in [0.4, 0.5) is 14.5 Å². The highest BCUT2D eigenvalue weighted by molar-refractivity contribution is 6.05. The van der Waals surface area contributed by atoms with Gasteiger partial charge in [-0.15, -0.1) is 0 Å². The van der Waals surface area contributed by atoms with E-state index in [0.29, 0.717) is 17.0 Å². The molecule has 0 aliphatic carbocycles. The highest BCUT2D eigenvalue weighted by Crippen LogP contribution is 2.24. The van der Waals surface area contributed by atoms with Crippen molar-refractivity contribution >= 4 is 11.6 Å². The van der Waals surface area contributed by atoms with Crippen LogP contribution in [0.25, 0.3) is 0 Å². The number of para-hydroxylation sites is 2. The molecule has 0 unspecified atom stereocenters. The molecule has 0 spiro atoms. The Hall–Kier alpha value is -2.63. The first-order chi connectivity index (χ1) is 10.1. The van der Waals surface area contributed by atoms with Crippen molar-refractivity contribution in [3.63, 3.8) is 0 Å². The fraction of sp³-hybridized carbons (Fsp3) is 0.133. The Bertz CT molecular complexity index is 615. The normalized spacial score (nSPS) is 10.3. The van der Waals surface area contributed by atoms with Gasteiger partial charge in [-0.2, -0.15) is 8.78 Å². The summed E-state index contributed by atoms with van der Waals surface area (Å²) in [6, 6.07) is 12.4. The lowest BCUT2D eigenvalue weighted by atomic mass is 10.2. The molecule has 1 N–H and O–H groups in total. The van der Waals surface area contributed by atoms with Crippen molar-refractivity contribution in [1.82, 2.24) is 0 Å². The van der Waals surface area contributed by atoms with Crippen LogP contribution >= 0.6 is 0 Å². The van der Waals surface area contributed by atoms with E-state index in [9.17, 15) is 13.6 Å². The minimum absolute atomic E-state index is 0.00107. The number of methoxy groups -OCH3 is 1. The molecule has 0 atom stereocenters. The third-order valence-electron chi connectivity index (χ3n) is 2.70. The maximum atomic E-state index is 12.1.